The number of nitriles is 1. The predicted octanol–water partition coefficient (Wildman–Crippen LogP) is 2.44. The van der Waals surface area contributed by atoms with E-state index in [4.69, 9.17) is 17.0 Å². The van der Waals surface area contributed by atoms with E-state index in [1.165, 1.54) is 0 Å². The summed E-state index contributed by atoms with van der Waals surface area (Å²) in [5.41, 5.74) is 0.625. The molecule has 1 fully saturated rings. The summed E-state index contributed by atoms with van der Waals surface area (Å²) in [6.07, 6.45) is 1.53. The van der Waals surface area contributed by atoms with Crippen LogP contribution in [0.15, 0.2) is 18.2 Å². The first-order chi connectivity index (χ1) is 11.3. The van der Waals surface area contributed by atoms with Crippen molar-refractivity contribution in [1.82, 2.24) is 9.80 Å². The van der Waals surface area contributed by atoms with Crippen LogP contribution in [0.2, 0.25) is 0 Å². The van der Waals surface area contributed by atoms with Gasteiger partial charge in [0.15, 0.2) is 5.11 Å². The second kappa shape index (κ2) is 6.23. The van der Waals surface area contributed by atoms with Gasteiger partial charge >= 0.3 is 0 Å². The van der Waals surface area contributed by atoms with Crippen LogP contribution < -0.4 is 4.74 Å². The van der Waals surface area contributed by atoms with Gasteiger partial charge in [-0.25, -0.2) is 0 Å². The molecule has 1 aromatic rings. The lowest BCUT2D eigenvalue weighted by Gasteiger charge is -2.46. The maximum atomic E-state index is 10.9. The molecular formula is C18H23N3O2S. The molecule has 2 aliphatic heterocycles. The fourth-order valence-corrected chi connectivity index (χ4v) is 3.80. The average Bonchev–Trinajstić information content (AvgIpc) is 3.08. The molecule has 2 atom stereocenters. The minimum Gasteiger partial charge on any atom is -0.485 e. The molecule has 0 spiro atoms. The van der Waals surface area contributed by atoms with Gasteiger partial charge in [0.25, 0.3) is 0 Å². The number of nitrogens with zero attached hydrogens (tertiary/aromatic N) is 3. The van der Waals surface area contributed by atoms with Gasteiger partial charge in [0.1, 0.15) is 17.5 Å². The van der Waals surface area contributed by atoms with Crippen molar-refractivity contribution in [1.29, 1.82) is 5.26 Å². The molecule has 2 aliphatic rings. The Morgan fingerprint density at radius 1 is 1.42 bits per heavy atom. The van der Waals surface area contributed by atoms with Crippen LogP contribution in [-0.2, 0) is 0 Å². The minimum atomic E-state index is -0.760. The van der Waals surface area contributed by atoms with Crippen LogP contribution in [0.1, 0.15) is 43.9 Å². The molecule has 1 N–H and O–H groups in total. The number of benzene rings is 1. The highest BCUT2D eigenvalue weighted by Gasteiger charge is 2.45. The molecule has 0 bridgehead atoms. The van der Waals surface area contributed by atoms with Gasteiger partial charge < -0.3 is 19.6 Å². The molecule has 0 saturated carbocycles. The minimum absolute atomic E-state index is 0.342. The number of thiocarbonyl (C=S) groups is 1. The van der Waals surface area contributed by atoms with Crippen LogP contribution in [-0.4, -0.2) is 51.9 Å². The molecule has 128 valence electrons. The van der Waals surface area contributed by atoms with Gasteiger partial charge in [-0.2, -0.15) is 5.26 Å². The molecule has 0 amide bonds. The second-order valence-electron chi connectivity index (χ2n) is 7.05. The Labute approximate surface area is 148 Å². The lowest BCUT2D eigenvalue weighted by Crippen LogP contribution is -2.55. The number of aliphatic hydroxyl groups is 1. The first-order valence-electron chi connectivity index (χ1n) is 8.28. The van der Waals surface area contributed by atoms with Gasteiger partial charge in [0.2, 0.25) is 0 Å². The second-order valence-corrected chi connectivity index (χ2v) is 7.41. The molecule has 0 aromatic heterocycles. The van der Waals surface area contributed by atoms with E-state index in [2.05, 4.69) is 11.0 Å². The van der Waals surface area contributed by atoms with E-state index in [1.807, 2.05) is 25.8 Å². The van der Waals surface area contributed by atoms with Crippen LogP contribution in [0.4, 0.5) is 0 Å². The molecule has 0 unspecified atom stereocenters. The zero-order valence-corrected chi connectivity index (χ0v) is 15.1. The molecule has 3 rings (SSSR count). The normalized spacial score (nSPS) is 24.7. The van der Waals surface area contributed by atoms with Crippen molar-refractivity contribution in [2.24, 2.45) is 0 Å². The number of hydrogen-bond donors (Lipinski definition) is 1. The Morgan fingerprint density at radius 2 is 2.08 bits per heavy atom. The van der Waals surface area contributed by atoms with E-state index in [0.29, 0.717) is 11.3 Å². The Bertz CT molecular complexity index is 692. The number of fused-ring (bicyclic) bond motifs is 1. The standard InChI is InChI=1S/C18H23N3O2S/c1-18(2)16(22)15(20(3)17(24)21-8-4-5-9-21)13-10-12(11-19)6-7-14(13)23-18/h6-7,10,15-16,22H,4-5,8-9H2,1-3H3/t15-,16+/m1/s1. The van der Waals surface area contributed by atoms with E-state index in [9.17, 15) is 10.4 Å². The van der Waals surface area contributed by atoms with Crippen LogP contribution in [0.5, 0.6) is 5.75 Å². The molecular weight excluding hydrogens is 322 g/mol. The number of aliphatic hydroxyl groups excluding tert-OH is 1. The number of likely N-dealkylation sites (N-methyl/N-ethyl adjacent to an activating group) is 1. The molecule has 0 radical (unpaired) electrons. The van der Waals surface area contributed by atoms with Crippen molar-refractivity contribution in [2.75, 3.05) is 20.1 Å². The van der Waals surface area contributed by atoms with Gasteiger partial charge in [0, 0.05) is 25.7 Å². The summed E-state index contributed by atoms with van der Waals surface area (Å²) in [4.78, 5) is 4.13. The monoisotopic (exact) mass is 345 g/mol. The molecule has 1 saturated heterocycles. The summed E-state index contributed by atoms with van der Waals surface area (Å²) in [5, 5.41) is 20.9. The Balaban J connectivity index is 2.01. The van der Waals surface area contributed by atoms with Gasteiger partial charge in [-0.3, -0.25) is 0 Å². The smallest absolute Gasteiger partial charge is 0.171 e. The Kier molecular flexibility index (Phi) is 4.41. The van der Waals surface area contributed by atoms with Crippen molar-refractivity contribution in [2.45, 2.75) is 44.4 Å². The Hall–Kier alpha value is -1.84. The zero-order valence-electron chi connectivity index (χ0n) is 14.3. The summed E-state index contributed by atoms with van der Waals surface area (Å²) < 4.78 is 5.97. The number of likely N-dealkylation sites (tertiary alicyclic amines) is 1. The number of rotatable bonds is 1. The summed E-state index contributed by atoms with van der Waals surface area (Å²) >= 11 is 5.67. The van der Waals surface area contributed by atoms with Crippen molar-refractivity contribution in [3.05, 3.63) is 29.3 Å². The summed E-state index contributed by atoms with van der Waals surface area (Å²) in [6, 6.07) is 7.15. The maximum absolute atomic E-state index is 10.9. The van der Waals surface area contributed by atoms with Gasteiger partial charge in [0.05, 0.1) is 17.7 Å². The van der Waals surface area contributed by atoms with E-state index in [1.54, 1.807) is 18.2 Å². The molecule has 2 heterocycles. The average molecular weight is 345 g/mol. The first kappa shape index (κ1) is 17.0. The van der Waals surface area contributed by atoms with Crippen LogP contribution in [0.25, 0.3) is 0 Å². The van der Waals surface area contributed by atoms with Crippen molar-refractivity contribution in [3.8, 4) is 11.8 Å². The lowest BCUT2D eigenvalue weighted by atomic mass is 9.85. The highest BCUT2D eigenvalue weighted by Crippen LogP contribution is 2.43. The van der Waals surface area contributed by atoms with E-state index < -0.39 is 11.7 Å². The summed E-state index contributed by atoms with van der Waals surface area (Å²) in [5.74, 6) is 0.699. The van der Waals surface area contributed by atoms with E-state index in [0.717, 1.165) is 36.6 Å². The van der Waals surface area contributed by atoms with Crippen molar-refractivity contribution in [3.63, 3.8) is 0 Å². The Morgan fingerprint density at radius 3 is 2.71 bits per heavy atom. The number of ether oxygens (including phenoxy) is 1. The topological polar surface area (TPSA) is 59.7 Å². The van der Waals surface area contributed by atoms with E-state index in [-0.39, 0.29) is 6.04 Å². The molecule has 1 aromatic carbocycles. The van der Waals surface area contributed by atoms with Crippen LogP contribution in [0.3, 0.4) is 0 Å². The quantitative estimate of drug-likeness (QED) is 0.789. The SMILES string of the molecule is CN(C(=S)N1CCCC1)[C@@H]1c2cc(C#N)ccc2OC(C)(C)[C@H]1O. The predicted molar refractivity (Wildman–Crippen MR) is 95.8 cm³/mol. The van der Waals surface area contributed by atoms with Crippen molar-refractivity contribution >= 4 is 17.3 Å². The molecule has 0 aliphatic carbocycles. The summed E-state index contributed by atoms with van der Waals surface area (Å²) in [7, 11) is 1.92. The highest BCUT2D eigenvalue weighted by atomic mass is 32.1. The third-order valence-corrected chi connectivity index (χ3v) is 5.48. The molecule has 24 heavy (non-hydrogen) atoms. The van der Waals surface area contributed by atoms with Gasteiger partial charge in [-0.15, -0.1) is 0 Å². The van der Waals surface area contributed by atoms with Crippen molar-refractivity contribution < 1.29 is 9.84 Å². The fourth-order valence-electron chi connectivity index (χ4n) is 3.51. The zero-order chi connectivity index (χ0) is 17.5. The van der Waals surface area contributed by atoms with Crippen LogP contribution >= 0.6 is 12.2 Å². The molecule has 6 heteroatoms. The van der Waals surface area contributed by atoms with Crippen LogP contribution in [0, 0.1) is 11.3 Å². The number of hydrogen-bond acceptors (Lipinski definition) is 4. The van der Waals surface area contributed by atoms with E-state index >= 15 is 0 Å². The van der Waals surface area contributed by atoms with Gasteiger partial charge in [-0.1, -0.05) is 0 Å². The first-order valence-corrected chi connectivity index (χ1v) is 8.69. The van der Waals surface area contributed by atoms with Gasteiger partial charge in [-0.05, 0) is 57.1 Å². The third kappa shape index (κ3) is 2.83. The largest absolute Gasteiger partial charge is 0.485 e. The lowest BCUT2D eigenvalue weighted by molar-refractivity contribution is -0.0793. The highest BCUT2D eigenvalue weighted by molar-refractivity contribution is 7.80. The summed E-state index contributed by atoms with van der Waals surface area (Å²) in [6.45, 7) is 5.66. The maximum Gasteiger partial charge on any atom is 0.171 e. The molecule has 5 nitrogen and oxygen atoms in total. The fraction of sp³-hybridized carbons (Fsp3) is 0.556. The third-order valence-electron chi connectivity index (χ3n) is 4.94.